The van der Waals surface area contributed by atoms with E-state index in [2.05, 4.69) is 10.5 Å². The third-order valence-electron chi connectivity index (χ3n) is 0.724. The molecule has 10 heavy (non-hydrogen) atoms. The molecule has 0 atom stereocenters. The Bertz CT molecular complexity index is 156. The second-order valence-electron chi connectivity index (χ2n) is 1.47. The minimum absolute atomic E-state index is 0.202. The molecule has 0 aromatic rings. The summed E-state index contributed by atoms with van der Waals surface area (Å²) in [5.41, 5.74) is 4.87. The second kappa shape index (κ2) is 4.57. The van der Waals surface area contributed by atoms with E-state index in [9.17, 15) is 14.5 Å². The van der Waals surface area contributed by atoms with Gasteiger partial charge < -0.3 is 11.1 Å². The molecule has 0 aromatic heterocycles. The highest BCUT2D eigenvalue weighted by atomic mass is 16.3. The molecule has 2 amide bonds. The lowest BCUT2D eigenvalue weighted by Gasteiger charge is -1.95. The van der Waals surface area contributed by atoms with Crippen molar-refractivity contribution in [1.82, 2.24) is 5.32 Å². The van der Waals surface area contributed by atoms with Gasteiger partial charge in [0.25, 0.3) is 0 Å². The molecule has 0 aliphatic heterocycles. The largest absolute Gasteiger partial charge is 0.346 e. The van der Waals surface area contributed by atoms with Crippen LogP contribution in [0.1, 0.15) is 0 Å². The first-order valence-corrected chi connectivity index (χ1v) is 2.53. The molecule has 0 saturated carbocycles. The predicted octanol–water partition coefficient (Wildman–Crippen LogP) is -1.65. The van der Waals surface area contributed by atoms with Crippen LogP contribution in [-0.4, -0.2) is 24.9 Å². The van der Waals surface area contributed by atoms with Crippen molar-refractivity contribution >= 4 is 11.8 Å². The predicted molar refractivity (Wildman–Crippen MR) is 32.9 cm³/mol. The molecule has 0 spiro atoms. The molecular formula is C4H7N3O3. The van der Waals surface area contributed by atoms with Crippen LogP contribution in [-0.2, 0) is 9.59 Å². The van der Waals surface area contributed by atoms with Gasteiger partial charge in [0.1, 0.15) is 6.54 Å². The van der Waals surface area contributed by atoms with Crippen LogP contribution in [0.3, 0.4) is 0 Å². The number of nitrogens with zero attached hydrogens (tertiary/aromatic N) is 1. The average Bonchev–Trinajstić information content (AvgIpc) is 1.99. The minimum atomic E-state index is -0.915. The molecule has 0 bridgehead atoms. The molecule has 0 aliphatic rings. The standard InChI is InChI=1S/C4H7N3O3/c5-1-3(8)6-2-4(9)7-10/h1-2,5H2,(H,6,8). The van der Waals surface area contributed by atoms with Crippen LogP contribution in [0.25, 0.3) is 0 Å². The summed E-state index contributed by atoms with van der Waals surface area (Å²) in [5.74, 6) is -1.40. The maximum Gasteiger partial charge on any atom is 0.305 e. The molecule has 6 heteroatoms. The summed E-state index contributed by atoms with van der Waals surface area (Å²) in [7, 11) is 0. The van der Waals surface area contributed by atoms with Crippen molar-refractivity contribution in [2.45, 2.75) is 0 Å². The number of nitroso groups, excluding NO2 is 1. The zero-order valence-corrected chi connectivity index (χ0v) is 5.16. The Kier molecular flexibility index (Phi) is 3.97. The molecule has 0 unspecified atom stereocenters. The van der Waals surface area contributed by atoms with Crippen LogP contribution in [0.4, 0.5) is 0 Å². The number of nitrogens with two attached hydrogens (primary N) is 1. The van der Waals surface area contributed by atoms with Crippen LogP contribution in [0.15, 0.2) is 5.18 Å². The third-order valence-corrected chi connectivity index (χ3v) is 0.724. The highest BCUT2D eigenvalue weighted by Crippen LogP contribution is 1.69. The Morgan fingerprint density at radius 1 is 1.50 bits per heavy atom. The number of nitrogens with one attached hydrogen (secondary N) is 1. The first-order valence-electron chi connectivity index (χ1n) is 2.53. The summed E-state index contributed by atoms with van der Waals surface area (Å²) in [6, 6.07) is 0. The van der Waals surface area contributed by atoms with E-state index in [1.54, 1.807) is 0 Å². The summed E-state index contributed by atoms with van der Waals surface area (Å²) in [6.07, 6.45) is 0. The van der Waals surface area contributed by atoms with Gasteiger partial charge in [-0.1, -0.05) is 0 Å². The summed E-state index contributed by atoms with van der Waals surface area (Å²) >= 11 is 0. The number of hydrogen-bond donors (Lipinski definition) is 2. The van der Waals surface area contributed by atoms with Crippen molar-refractivity contribution in [1.29, 1.82) is 0 Å². The Balaban J connectivity index is 3.44. The molecule has 56 valence electrons. The van der Waals surface area contributed by atoms with Gasteiger partial charge in [-0.15, -0.1) is 4.91 Å². The SMILES string of the molecule is NCC(=O)NCC(=O)N=O. The number of carbonyl (C=O) groups is 2. The van der Waals surface area contributed by atoms with Crippen LogP contribution in [0.2, 0.25) is 0 Å². The normalized spacial score (nSPS) is 8.50. The van der Waals surface area contributed by atoms with Crippen molar-refractivity contribution < 1.29 is 9.59 Å². The zero-order chi connectivity index (χ0) is 7.98. The first kappa shape index (κ1) is 8.70. The highest BCUT2D eigenvalue weighted by Gasteiger charge is 2.01. The number of carbonyl (C=O) groups excluding carboxylic acids is 2. The Hall–Kier alpha value is -1.30. The smallest absolute Gasteiger partial charge is 0.305 e. The van der Waals surface area contributed by atoms with Crippen molar-refractivity contribution in [3.05, 3.63) is 4.91 Å². The molecule has 0 fully saturated rings. The van der Waals surface area contributed by atoms with E-state index < -0.39 is 11.8 Å². The summed E-state index contributed by atoms with van der Waals surface area (Å²) in [6.45, 7) is -0.578. The topological polar surface area (TPSA) is 102 Å². The lowest BCUT2D eigenvalue weighted by molar-refractivity contribution is -0.123. The second-order valence-corrected chi connectivity index (χ2v) is 1.47. The maximum atomic E-state index is 10.3. The molecule has 0 aliphatic carbocycles. The Morgan fingerprint density at radius 2 is 2.10 bits per heavy atom. The Labute approximate surface area is 56.7 Å². The zero-order valence-electron chi connectivity index (χ0n) is 5.16. The molecule has 6 nitrogen and oxygen atoms in total. The van der Waals surface area contributed by atoms with E-state index in [0.29, 0.717) is 0 Å². The molecule has 3 N–H and O–H groups in total. The van der Waals surface area contributed by atoms with Crippen LogP contribution < -0.4 is 11.1 Å². The van der Waals surface area contributed by atoms with Gasteiger partial charge in [-0.05, 0) is 0 Å². The fraction of sp³-hybridized carbons (Fsp3) is 0.500. The van der Waals surface area contributed by atoms with Gasteiger partial charge in [0.05, 0.1) is 6.54 Å². The first-order chi connectivity index (χ1) is 4.70. The van der Waals surface area contributed by atoms with E-state index in [0.717, 1.165) is 0 Å². The van der Waals surface area contributed by atoms with Gasteiger partial charge in [0.15, 0.2) is 0 Å². The maximum absolute atomic E-state index is 10.3. The summed E-state index contributed by atoms with van der Waals surface area (Å²) in [4.78, 5) is 29.8. The minimum Gasteiger partial charge on any atom is -0.346 e. The van der Waals surface area contributed by atoms with Crippen molar-refractivity contribution in [2.75, 3.05) is 13.1 Å². The molecule has 0 heterocycles. The number of amides is 2. The van der Waals surface area contributed by atoms with E-state index in [1.165, 1.54) is 0 Å². The van der Waals surface area contributed by atoms with Gasteiger partial charge in [-0.3, -0.25) is 9.59 Å². The fourth-order valence-electron chi connectivity index (χ4n) is 0.279. The van der Waals surface area contributed by atoms with Gasteiger partial charge >= 0.3 is 5.91 Å². The van der Waals surface area contributed by atoms with E-state index in [4.69, 9.17) is 5.73 Å². The van der Waals surface area contributed by atoms with E-state index in [-0.39, 0.29) is 13.1 Å². The van der Waals surface area contributed by atoms with Gasteiger partial charge in [0.2, 0.25) is 5.91 Å². The van der Waals surface area contributed by atoms with Gasteiger partial charge in [-0.25, -0.2) is 0 Å². The van der Waals surface area contributed by atoms with Gasteiger partial charge in [0, 0.05) is 5.18 Å². The summed E-state index contributed by atoms with van der Waals surface area (Å²) < 4.78 is 0. The molecule has 0 radical (unpaired) electrons. The van der Waals surface area contributed by atoms with Crippen molar-refractivity contribution in [2.24, 2.45) is 10.9 Å². The lowest BCUT2D eigenvalue weighted by Crippen LogP contribution is -2.33. The molecule has 0 rings (SSSR count). The van der Waals surface area contributed by atoms with Gasteiger partial charge in [-0.2, -0.15) is 0 Å². The molecule has 0 aromatic carbocycles. The van der Waals surface area contributed by atoms with E-state index in [1.807, 2.05) is 0 Å². The van der Waals surface area contributed by atoms with Crippen LogP contribution in [0.5, 0.6) is 0 Å². The molecular weight excluding hydrogens is 138 g/mol. The number of hydrogen-bond acceptors (Lipinski definition) is 4. The van der Waals surface area contributed by atoms with E-state index >= 15 is 0 Å². The molecule has 0 saturated heterocycles. The Morgan fingerprint density at radius 3 is 2.50 bits per heavy atom. The van der Waals surface area contributed by atoms with Crippen molar-refractivity contribution in [3.8, 4) is 0 Å². The van der Waals surface area contributed by atoms with Crippen LogP contribution in [0, 0.1) is 4.91 Å². The monoisotopic (exact) mass is 145 g/mol. The lowest BCUT2D eigenvalue weighted by atomic mass is 10.5. The third kappa shape index (κ3) is 3.67. The quantitative estimate of drug-likeness (QED) is 0.464. The number of rotatable bonds is 3. The summed E-state index contributed by atoms with van der Waals surface area (Å²) in [5, 5.41) is 4.13. The highest BCUT2D eigenvalue weighted by molar-refractivity contribution is 5.85. The van der Waals surface area contributed by atoms with Crippen molar-refractivity contribution in [3.63, 3.8) is 0 Å². The fourth-order valence-corrected chi connectivity index (χ4v) is 0.279. The van der Waals surface area contributed by atoms with Crippen LogP contribution >= 0.6 is 0 Å². The average molecular weight is 145 g/mol.